The number of hydrogen-bond donors (Lipinski definition) is 1. The van der Waals surface area contributed by atoms with Crippen LogP contribution in [0.2, 0.25) is 0 Å². The lowest BCUT2D eigenvalue weighted by atomic mass is 10.1. The predicted octanol–water partition coefficient (Wildman–Crippen LogP) is 4.07. The fourth-order valence-electron chi connectivity index (χ4n) is 3.78. The summed E-state index contributed by atoms with van der Waals surface area (Å²) in [6.07, 6.45) is -6.52. The Morgan fingerprint density at radius 2 is 1.60 bits per heavy atom. The van der Waals surface area contributed by atoms with Gasteiger partial charge in [0.15, 0.2) is 0 Å². The van der Waals surface area contributed by atoms with Crippen LogP contribution >= 0.6 is 0 Å². The average Bonchev–Trinajstić information content (AvgIpc) is 3.33. The van der Waals surface area contributed by atoms with Crippen LogP contribution in [0.15, 0.2) is 55.1 Å². The lowest BCUT2D eigenvalue weighted by Crippen LogP contribution is -2.48. The Balaban J connectivity index is 1.40. The maximum absolute atomic E-state index is 13.2. The zero-order valence-electron chi connectivity index (χ0n) is 18.1. The van der Waals surface area contributed by atoms with Crippen LogP contribution in [-0.4, -0.2) is 58.3 Å². The summed E-state index contributed by atoms with van der Waals surface area (Å²) < 4.78 is 79.8. The van der Waals surface area contributed by atoms with E-state index in [1.807, 2.05) is 0 Å². The standard InChI is InChI=1S/C22H20F6N6O/c23-21(24,25)15-2-1-3-17(10-15)33-8-6-32(7-9-33)12-20(35)31-18-11-16(22(26,27)28)4-5-19(18)34-14-29-13-30-34/h1-5,10-11,13-14H,6-9,12H2,(H,31,35). The summed E-state index contributed by atoms with van der Waals surface area (Å²) in [6, 6.07) is 7.95. The van der Waals surface area contributed by atoms with Crippen LogP contribution in [0, 0.1) is 0 Å². The fourth-order valence-corrected chi connectivity index (χ4v) is 3.78. The zero-order chi connectivity index (χ0) is 25.2. The fraction of sp³-hybridized carbons (Fsp3) is 0.318. The smallest absolute Gasteiger partial charge is 0.369 e. The minimum Gasteiger partial charge on any atom is -0.369 e. The number of amides is 1. The van der Waals surface area contributed by atoms with Crippen LogP contribution in [0.25, 0.3) is 5.69 Å². The molecule has 0 atom stereocenters. The number of nitrogens with one attached hydrogen (secondary N) is 1. The number of alkyl halides is 6. The first-order valence-corrected chi connectivity index (χ1v) is 10.5. The number of carbonyl (C=O) groups is 1. The highest BCUT2D eigenvalue weighted by molar-refractivity contribution is 5.94. The van der Waals surface area contributed by atoms with Crippen LogP contribution < -0.4 is 10.2 Å². The molecule has 0 aliphatic carbocycles. The molecule has 1 amide bonds. The van der Waals surface area contributed by atoms with Crippen LogP contribution in [0.3, 0.4) is 0 Å². The Morgan fingerprint density at radius 3 is 2.23 bits per heavy atom. The third kappa shape index (κ3) is 5.91. The number of carbonyl (C=O) groups excluding carboxylic acids is 1. The van der Waals surface area contributed by atoms with Gasteiger partial charge in [0, 0.05) is 31.9 Å². The molecule has 13 heteroatoms. The summed E-state index contributed by atoms with van der Waals surface area (Å²) in [7, 11) is 0. The second-order valence-electron chi connectivity index (χ2n) is 7.93. The molecule has 186 valence electrons. The summed E-state index contributed by atoms with van der Waals surface area (Å²) in [5.41, 5.74) is -1.08. The number of anilines is 2. The molecule has 1 saturated heterocycles. The number of piperazine rings is 1. The van der Waals surface area contributed by atoms with E-state index in [0.717, 1.165) is 24.3 Å². The van der Waals surface area contributed by atoms with Crippen molar-refractivity contribution in [3.8, 4) is 5.69 Å². The van der Waals surface area contributed by atoms with Crippen LogP contribution in [0.4, 0.5) is 37.7 Å². The van der Waals surface area contributed by atoms with E-state index in [0.29, 0.717) is 31.9 Å². The molecule has 1 N–H and O–H groups in total. The van der Waals surface area contributed by atoms with Crippen molar-refractivity contribution in [3.05, 3.63) is 66.2 Å². The summed E-state index contributed by atoms with van der Waals surface area (Å²) >= 11 is 0. The molecule has 0 bridgehead atoms. The monoisotopic (exact) mass is 498 g/mol. The van der Waals surface area contributed by atoms with Crippen molar-refractivity contribution in [1.82, 2.24) is 19.7 Å². The van der Waals surface area contributed by atoms with Gasteiger partial charge < -0.3 is 10.2 Å². The second kappa shape index (κ2) is 9.56. The van der Waals surface area contributed by atoms with Gasteiger partial charge in [-0.25, -0.2) is 9.67 Å². The molecule has 1 aromatic heterocycles. The van der Waals surface area contributed by atoms with E-state index in [1.54, 1.807) is 15.9 Å². The first kappa shape index (κ1) is 24.5. The van der Waals surface area contributed by atoms with Gasteiger partial charge in [0.25, 0.3) is 0 Å². The number of hydrogen-bond acceptors (Lipinski definition) is 5. The molecule has 0 radical (unpaired) electrons. The molecule has 35 heavy (non-hydrogen) atoms. The maximum Gasteiger partial charge on any atom is 0.416 e. The topological polar surface area (TPSA) is 66.3 Å². The van der Waals surface area contributed by atoms with E-state index in [2.05, 4.69) is 15.4 Å². The molecular formula is C22H20F6N6O. The van der Waals surface area contributed by atoms with Gasteiger partial charge >= 0.3 is 12.4 Å². The Bertz CT molecular complexity index is 1170. The van der Waals surface area contributed by atoms with Gasteiger partial charge in [-0.15, -0.1) is 0 Å². The Labute approximate surface area is 196 Å². The first-order chi connectivity index (χ1) is 16.5. The SMILES string of the molecule is O=C(CN1CCN(c2cccc(C(F)(F)F)c2)CC1)Nc1cc(C(F)(F)F)ccc1-n1cncn1. The quantitative estimate of drug-likeness (QED) is 0.538. The van der Waals surface area contributed by atoms with Crippen molar-refractivity contribution in [2.45, 2.75) is 12.4 Å². The molecule has 2 heterocycles. The third-order valence-electron chi connectivity index (χ3n) is 5.54. The summed E-state index contributed by atoms with van der Waals surface area (Å²) in [5, 5.41) is 6.42. The van der Waals surface area contributed by atoms with Gasteiger partial charge in [0.05, 0.1) is 29.0 Å². The molecule has 4 rings (SSSR count). The lowest BCUT2D eigenvalue weighted by molar-refractivity contribution is -0.138. The zero-order valence-corrected chi connectivity index (χ0v) is 18.1. The van der Waals surface area contributed by atoms with Crippen molar-refractivity contribution in [1.29, 1.82) is 0 Å². The highest BCUT2D eigenvalue weighted by Crippen LogP contribution is 2.34. The molecule has 2 aromatic carbocycles. The molecule has 0 unspecified atom stereocenters. The van der Waals surface area contributed by atoms with Gasteiger partial charge in [0.1, 0.15) is 12.7 Å². The van der Waals surface area contributed by atoms with E-state index in [1.165, 1.54) is 29.5 Å². The molecule has 7 nitrogen and oxygen atoms in total. The van der Waals surface area contributed by atoms with E-state index in [-0.39, 0.29) is 17.9 Å². The normalized spacial score (nSPS) is 15.3. The van der Waals surface area contributed by atoms with E-state index in [4.69, 9.17) is 0 Å². The van der Waals surface area contributed by atoms with E-state index in [9.17, 15) is 31.1 Å². The molecule has 1 aliphatic heterocycles. The van der Waals surface area contributed by atoms with Crippen molar-refractivity contribution in [3.63, 3.8) is 0 Å². The summed E-state index contributed by atoms with van der Waals surface area (Å²) in [4.78, 5) is 20.0. The van der Waals surface area contributed by atoms with Gasteiger partial charge in [-0.1, -0.05) is 6.07 Å². The largest absolute Gasteiger partial charge is 0.416 e. The van der Waals surface area contributed by atoms with Gasteiger partial charge in [-0.3, -0.25) is 9.69 Å². The van der Waals surface area contributed by atoms with Crippen LogP contribution in [0.5, 0.6) is 0 Å². The molecule has 1 aliphatic rings. The van der Waals surface area contributed by atoms with Gasteiger partial charge in [0.2, 0.25) is 5.91 Å². The maximum atomic E-state index is 13.2. The number of benzene rings is 2. The van der Waals surface area contributed by atoms with Crippen molar-refractivity contribution in [2.75, 3.05) is 42.9 Å². The Morgan fingerprint density at radius 1 is 0.914 bits per heavy atom. The molecule has 3 aromatic rings. The number of halogens is 6. The number of rotatable bonds is 5. The first-order valence-electron chi connectivity index (χ1n) is 10.5. The number of nitrogens with zero attached hydrogens (tertiary/aromatic N) is 5. The molecule has 0 saturated carbocycles. The summed E-state index contributed by atoms with van der Waals surface area (Å²) in [5.74, 6) is -0.529. The predicted molar refractivity (Wildman–Crippen MR) is 115 cm³/mol. The molecular weight excluding hydrogens is 478 g/mol. The third-order valence-corrected chi connectivity index (χ3v) is 5.54. The number of aromatic nitrogens is 3. The van der Waals surface area contributed by atoms with Gasteiger partial charge in [-0.05, 0) is 36.4 Å². The Hall–Kier alpha value is -3.61. The van der Waals surface area contributed by atoms with Crippen LogP contribution in [-0.2, 0) is 17.1 Å². The molecule has 1 fully saturated rings. The minimum absolute atomic E-state index is 0.0714. The van der Waals surface area contributed by atoms with Crippen molar-refractivity contribution < 1.29 is 31.1 Å². The average molecular weight is 498 g/mol. The van der Waals surface area contributed by atoms with Crippen LogP contribution in [0.1, 0.15) is 11.1 Å². The van der Waals surface area contributed by atoms with Crippen molar-refractivity contribution >= 4 is 17.3 Å². The van der Waals surface area contributed by atoms with E-state index < -0.39 is 29.4 Å². The Kier molecular flexibility index (Phi) is 6.70. The lowest BCUT2D eigenvalue weighted by Gasteiger charge is -2.36. The molecule has 0 spiro atoms. The highest BCUT2D eigenvalue weighted by Gasteiger charge is 2.32. The minimum atomic E-state index is -4.60. The summed E-state index contributed by atoms with van der Waals surface area (Å²) in [6.45, 7) is 1.47. The second-order valence-corrected chi connectivity index (χ2v) is 7.93. The van der Waals surface area contributed by atoms with Crippen molar-refractivity contribution in [2.24, 2.45) is 0 Å². The highest BCUT2D eigenvalue weighted by atomic mass is 19.4. The van der Waals surface area contributed by atoms with E-state index >= 15 is 0 Å². The van der Waals surface area contributed by atoms with Gasteiger partial charge in [-0.2, -0.15) is 31.4 Å².